The third kappa shape index (κ3) is 7.69. The number of fused-ring (bicyclic) bond motifs is 2. The number of nitrogens with one attached hydrogen (secondary N) is 1. The smallest absolute Gasteiger partial charge is 0.355 e. The van der Waals surface area contributed by atoms with Crippen LogP contribution in [0.2, 0.25) is 0 Å². The molecule has 4 bridgehead atoms. The maximum atomic E-state index is 13.0. The van der Waals surface area contributed by atoms with E-state index in [4.69, 9.17) is 19.8 Å². The summed E-state index contributed by atoms with van der Waals surface area (Å²) in [5, 5.41) is 38.2. The average Bonchev–Trinajstić information content (AvgIpc) is 3.75. The monoisotopic (exact) mass is 833 g/mol. The molecule has 0 saturated heterocycles. The van der Waals surface area contributed by atoms with Crippen molar-refractivity contribution >= 4 is 50.1 Å². The Kier molecular flexibility index (Phi) is 10.5. The second kappa shape index (κ2) is 15.4. The molecule has 5 aliphatic rings. The van der Waals surface area contributed by atoms with Gasteiger partial charge in [0.15, 0.2) is 22.5 Å². The van der Waals surface area contributed by atoms with Gasteiger partial charge in [0.1, 0.15) is 5.82 Å². The lowest BCUT2D eigenvalue weighted by Crippen LogP contribution is -2.64. The van der Waals surface area contributed by atoms with Crippen LogP contribution in [0.1, 0.15) is 105 Å². The van der Waals surface area contributed by atoms with Crippen LogP contribution in [0, 0.1) is 37.0 Å². The second-order valence-corrected chi connectivity index (χ2v) is 20.5. The number of carboxylic acid groups (broad SMARTS) is 1. The number of aliphatic hydroxyl groups is 1. The fourth-order valence-electron chi connectivity index (χ4n) is 12.5. The van der Waals surface area contributed by atoms with Crippen molar-refractivity contribution in [3.8, 4) is 11.1 Å². The second-order valence-electron chi connectivity index (χ2n) is 19.5. The summed E-state index contributed by atoms with van der Waals surface area (Å²) < 4.78 is 10.2. The topological polar surface area (TPSA) is 155 Å². The van der Waals surface area contributed by atoms with Gasteiger partial charge in [0.25, 0.3) is 0 Å². The van der Waals surface area contributed by atoms with Crippen LogP contribution in [0.5, 0.6) is 0 Å². The van der Waals surface area contributed by atoms with E-state index in [-0.39, 0.29) is 34.1 Å². The number of unbranched alkanes of at least 4 members (excludes halogenated alkanes) is 1. The van der Waals surface area contributed by atoms with Gasteiger partial charge in [-0.15, -0.1) is 10.2 Å². The molecule has 5 aromatic rings. The molecular formula is C46H59N9O4S. The van der Waals surface area contributed by atoms with Gasteiger partial charge in [0.2, 0.25) is 0 Å². The van der Waals surface area contributed by atoms with Gasteiger partial charge in [-0.3, -0.25) is 4.68 Å². The predicted molar refractivity (Wildman–Crippen MR) is 236 cm³/mol. The molecule has 4 aliphatic carbocycles. The largest absolute Gasteiger partial charge is 0.476 e. The molecule has 0 radical (unpaired) electrons. The molecule has 13 nitrogen and oxygen atoms in total. The number of nitrogens with zero attached hydrogens (tertiary/aromatic N) is 8. The Morgan fingerprint density at radius 3 is 2.53 bits per heavy atom. The molecule has 0 amide bonds. The van der Waals surface area contributed by atoms with Crippen LogP contribution in [0.4, 0.5) is 22.6 Å². The first-order valence-corrected chi connectivity index (χ1v) is 22.5. The lowest BCUT2D eigenvalue weighted by Gasteiger charge is -2.69. The number of rotatable bonds is 15. The molecule has 318 valence electrons. The van der Waals surface area contributed by atoms with Crippen molar-refractivity contribution in [2.24, 2.45) is 16.2 Å². The number of pyridine rings is 1. The van der Waals surface area contributed by atoms with Crippen molar-refractivity contribution in [3.63, 3.8) is 0 Å². The molecule has 10 rings (SSSR count). The van der Waals surface area contributed by atoms with Gasteiger partial charge in [-0.2, -0.15) is 5.10 Å². The van der Waals surface area contributed by atoms with Crippen LogP contribution in [-0.2, 0) is 17.7 Å². The molecule has 60 heavy (non-hydrogen) atoms. The maximum absolute atomic E-state index is 13.0. The van der Waals surface area contributed by atoms with Crippen LogP contribution in [0.15, 0.2) is 36.5 Å². The first-order chi connectivity index (χ1) is 28.7. The number of carboxylic acids is 1. The van der Waals surface area contributed by atoms with Crippen LogP contribution < -0.4 is 10.2 Å². The SMILES string of the molecule is Cc1ccc2sc(Nc3nnc4c(c3C)CCCN4c3ccc(-c4cnn(CC56CC7(C)CC(C)(C5)CC(OCCN(C)CCCCO)(C7)C6)c4C)c(C(=O)O)n3)nc2c1. The molecule has 1 aromatic carbocycles. The Hall–Kier alpha value is -4.50. The van der Waals surface area contributed by atoms with E-state index in [9.17, 15) is 15.0 Å². The van der Waals surface area contributed by atoms with E-state index in [0.29, 0.717) is 36.2 Å². The number of likely N-dealkylation sites (N-methyl/N-ethyl adjacent to an activating group) is 1. The van der Waals surface area contributed by atoms with Crippen molar-refractivity contribution in [1.29, 1.82) is 0 Å². The summed E-state index contributed by atoms with van der Waals surface area (Å²) in [5.74, 6) is 0.829. The third-order valence-corrected chi connectivity index (χ3v) is 14.8. The third-order valence-electron chi connectivity index (χ3n) is 13.9. The zero-order valence-corrected chi connectivity index (χ0v) is 36.8. The molecule has 2 unspecified atom stereocenters. The number of aliphatic hydroxyl groups excluding tert-OH is 1. The Labute approximate surface area is 356 Å². The van der Waals surface area contributed by atoms with E-state index in [2.05, 4.69) is 85.0 Å². The van der Waals surface area contributed by atoms with E-state index >= 15 is 0 Å². The fourth-order valence-corrected chi connectivity index (χ4v) is 13.3. The molecule has 1 aliphatic heterocycles. The average molecular weight is 834 g/mol. The summed E-state index contributed by atoms with van der Waals surface area (Å²) >= 11 is 1.59. The van der Waals surface area contributed by atoms with Gasteiger partial charge < -0.3 is 30.1 Å². The predicted octanol–water partition coefficient (Wildman–Crippen LogP) is 8.64. The Morgan fingerprint density at radius 2 is 1.77 bits per heavy atom. The van der Waals surface area contributed by atoms with Crippen molar-refractivity contribution < 1.29 is 19.7 Å². The zero-order chi connectivity index (χ0) is 42.0. The Balaban J connectivity index is 0.946. The summed E-state index contributed by atoms with van der Waals surface area (Å²) in [6, 6.07) is 10.1. The highest BCUT2D eigenvalue weighted by Gasteiger charge is 2.66. The van der Waals surface area contributed by atoms with Crippen LogP contribution in [0.3, 0.4) is 0 Å². The number of hydrogen-bond acceptors (Lipinski definition) is 12. The number of carbonyl (C=O) groups is 1. The number of ether oxygens (including phenoxy) is 1. The van der Waals surface area contributed by atoms with Gasteiger partial charge in [0, 0.05) is 54.2 Å². The zero-order valence-electron chi connectivity index (χ0n) is 36.0. The minimum atomic E-state index is -1.08. The molecule has 5 heterocycles. The summed E-state index contributed by atoms with van der Waals surface area (Å²) in [5.41, 5.74) is 6.80. The number of anilines is 4. The van der Waals surface area contributed by atoms with Gasteiger partial charge in [-0.25, -0.2) is 14.8 Å². The molecule has 0 spiro atoms. The molecular weight excluding hydrogens is 775 g/mol. The normalized spacial score (nSPS) is 25.7. The lowest BCUT2D eigenvalue weighted by atomic mass is 9.39. The number of benzene rings is 1. The minimum absolute atomic E-state index is 0.000164. The Bertz CT molecular complexity index is 2430. The standard InChI is InChI=1S/C46H59N9O4S/c1-29-11-13-36-35(20-29)48-42(60-36)50-39-30(2)32-10-9-16-54(40(32)52-51-39)37-14-12-33(38(49-37)41(57)58)34-21-47-55(31(34)3)28-45-23-43(4)22-44(5,24-45)26-46(25-43,27-45)59-19-17-53(6)15-7-8-18-56/h11-14,20-21,56H,7-10,15-19,22-28H2,1-6H3,(H,57,58)(H,48,50,51). The fraction of sp³-hybridized carbons (Fsp3) is 0.565. The van der Waals surface area contributed by atoms with E-state index in [0.717, 1.165) is 115 Å². The highest BCUT2D eigenvalue weighted by Crippen LogP contribution is 2.72. The van der Waals surface area contributed by atoms with Crippen LogP contribution in [-0.4, -0.2) is 96.5 Å². The van der Waals surface area contributed by atoms with E-state index in [1.807, 2.05) is 23.2 Å². The molecule has 4 aromatic heterocycles. The van der Waals surface area contributed by atoms with Crippen molar-refractivity contribution in [2.75, 3.05) is 50.1 Å². The van der Waals surface area contributed by atoms with Crippen molar-refractivity contribution in [3.05, 3.63) is 64.6 Å². The van der Waals surface area contributed by atoms with E-state index in [1.54, 1.807) is 11.3 Å². The van der Waals surface area contributed by atoms with Gasteiger partial charge in [-0.05, 0) is 145 Å². The minimum Gasteiger partial charge on any atom is -0.476 e. The number of aromatic carboxylic acids is 1. The first-order valence-electron chi connectivity index (χ1n) is 21.7. The summed E-state index contributed by atoms with van der Waals surface area (Å²) in [6.45, 7) is 15.3. The van der Waals surface area contributed by atoms with E-state index in [1.165, 1.54) is 12.0 Å². The van der Waals surface area contributed by atoms with Crippen LogP contribution >= 0.6 is 11.3 Å². The maximum Gasteiger partial charge on any atom is 0.355 e. The quantitative estimate of drug-likeness (QED) is 0.0865. The summed E-state index contributed by atoms with van der Waals surface area (Å²) in [4.78, 5) is 26.9. The number of aryl methyl sites for hydroxylation is 1. The molecule has 2 atom stereocenters. The summed E-state index contributed by atoms with van der Waals surface area (Å²) in [6.07, 6.45) is 12.1. The van der Waals surface area contributed by atoms with Crippen molar-refractivity contribution in [1.82, 2.24) is 34.8 Å². The molecule has 3 N–H and O–H groups in total. The highest BCUT2D eigenvalue weighted by atomic mass is 32.1. The van der Waals surface area contributed by atoms with Crippen LogP contribution in [0.25, 0.3) is 21.3 Å². The highest BCUT2D eigenvalue weighted by molar-refractivity contribution is 7.22. The molecule has 4 fully saturated rings. The number of aromatic nitrogens is 6. The Morgan fingerprint density at radius 1 is 0.967 bits per heavy atom. The lowest BCUT2D eigenvalue weighted by molar-refractivity contribution is -0.248. The van der Waals surface area contributed by atoms with Gasteiger partial charge in [-0.1, -0.05) is 31.3 Å². The van der Waals surface area contributed by atoms with E-state index < -0.39 is 5.97 Å². The first kappa shape index (κ1) is 40.9. The summed E-state index contributed by atoms with van der Waals surface area (Å²) in [7, 11) is 2.14. The number of thiazole rings is 1. The van der Waals surface area contributed by atoms with Gasteiger partial charge >= 0.3 is 5.97 Å². The molecule has 4 saturated carbocycles. The van der Waals surface area contributed by atoms with Gasteiger partial charge in [0.05, 0.1) is 28.6 Å². The molecule has 14 heteroatoms. The van der Waals surface area contributed by atoms with Crippen molar-refractivity contribution in [2.45, 2.75) is 111 Å². The number of hydrogen-bond donors (Lipinski definition) is 3.